The molecule has 29 heavy (non-hydrogen) atoms. The summed E-state index contributed by atoms with van der Waals surface area (Å²) in [6.45, 7) is 4.71. The zero-order chi connectivity index (χ0) is 20.2. The summed E-state index contributed by atoms with van der Waals surface area (Å²) < 4.78 is 33.4. The van der Waals surface area contributed by atoms with E-state index in [-0.39, 0.29) is 18.2 Å². The fourth-order valence-corrected chi connectivity index (χ4v) is 3.94. The molecule has 0 bridgehead atoms. The summed E-state index contributed by atoms with van der Waals surface area (Å²) >= 11 is 0. The van der Waals surface area contributed by atoms with Crippen molar-refractivity contribution < 1.29 is 13.5 Å². The smallest absolute Gasteiger partial charge is 0.227 e. The van der Waals surface area contributed by atoms with Crippen molar-refractivity contribution in [3.8, 4) is 0 Å². The monoisotopic (exact) mass is 404 g/mol. The lowest BCUT2D eigenvalue weighted by Gasteiger charge is -2.38. The third-order valence-electron chi connectivity index (χ3n) is 5.65. The molecule has 2 aromatic heterocycles. The lowest BCUT2D eigenvalue weighted by atomic mass is 10.0. The number of pyridine rings is 1. The molecule has 2 fully saturated rings. The minimum atomic E-state index is -0.591. The Bertz CT molecular complexity index is 812. The van der Waals surface area contributed by atoms with Gasteiger partial charge in [0.25, 0.3) is 0 Å². The lowest BCUT2D eigenvalue weighted by Crippen LogP contribution is -2.46. The Labute approximate surface area is 169 Å². The van der Waals surface area contributed by atoms with Crippen LogP contribution in [0.15, 0.2) is 24.7 Å². The van der Waals surface area contributed by atoms with Crippen LogP contribution < -0.4 is 9.80 Å². The molecule has 1 unspecified atom stereocenters. The van der Waals surface area contributed by atoms with Crippen LogP contribution in [0.25, 0.3) is 0 Å². The maximum Gasteiger partial charge on any atom is 0.227 e. The van der Waals surface area contributed by atoms with Crippen molar-refractivity contribution in [1.82, 2.24) is 19.9 Å². The number of anilines is 2. The van der Waals surface area contributed by atoms with E-state index >= 15 is 0 Å². The maximum absolute atomic E-state index is 14.0. The van der Waals surface area contributed by atoms with Crippen LogP contribution in [0.2, 0.25) is 0 Å². The Hall–Kier alpha value is -2.39. The van der Waals surface area contributed by atoms with E-state index in [4.69, 9.17) is 9.72 Å². The van der Waals surface area contributed by atoms with Gasteiger partial charge in [0.1, 0.15) is 17.5 Å². The van der Waals surface area contributed by atoms with Crippen molar-refractivity contribution in [2.24, 2.45) is 0 Å². The molecule has 0 saturated carbocycles. The van der Waals surface area contributed by atoms with Gasteiger partial charge in [-0.25, -0.2) is 13.8 Å². The summed E-state index contributed by atoms with van der Waals surface area (Å²) in [5.41, 5.74) is 0.0833. The van der Waals surface area contributed by atoms with Gasteiger partial charge >= 0.3 is 0 Å². The van der Waals surface area contributed by atoms with Crippen LogP contribution in [0.4, 0.5) is 20.5 Å². The molecule has 2 saturated heterocycles. The van der Waals surface area contributed by atoms with Crippen LogP contribution >= 0.6 is 0 Å². The lowest BCUT2D eigenvalue weighted by molar-refractivity contribution is 0.122. The number of rotatable bonds is 5. The molecule has 0 spiro atoms. The standard InChI is InChI=1S/C20H26F2N6O/c1-26(19-4-5-24-20(25-19)28-7-9-29-10-8-28)15-3-2-6-27(13-15)14-16-17(21)11-23-12-18(16)22/h4-5,11-12,15H,2-3,6-10,13-14H2,1H3. The number of nitrogens with zero attached hydrogens (tertiary/aromatic N) is 6. The summed E-state index contributed by atoms with van der Waals surface area (Å²) in [7, 11) is 2.02. The van der Waals surface area contributed by atoms with Crippen LogP contribution in [0, 0.1) is 11.6 Å². The number of hydrogen-bond acceptors (Lipinski definition) is 7. The molecule has 0 aliphatic carbocycles. The molecule has 156 valence electrons. The van der Waals surface area contributed by atoms with Crippen molar-refractivity contribution in [3.05, 3.63) is 41.9 Å². The highest BCUT2D eigenvalue weighted by molar-refractivity contribution is 5.44. The number of halogens is 2. The molecule has 0 N–H and O–H groups in total. The van der Waals surface area contributed by atoms with Crippen LogP contribution in [0.3, 0.4) is 0 Å². The minimum Gasteiger partial charge on any atom is -0.378 e. The van der Waals surface area contributed by atoms with Gasteiger partial charge < -0.3 is 14.5 Å². The predicted molar refractivity (Wildman–Crippen MR) is 106 cm³/mol. The number of piperidine rings is 1. The average molecular weight is 404 g/mol. The van der Waals surface area contributed by atoms with Crippen molar-refractivity contribution in [1.29, 1.82) is 0 Å². The van der Waals surface area contributed by atoms with E-state index in [1.165, 1.54) is 0 Å². The predicted octanol–water partition coefficient (Wildman–Crippen LogP) is 2.09. The normalized spacial score (nSPS) is 20.7. The van der Waals surface area contributed by atoms with E-state index in [2.05, 4.69) is 24.7 Å². The molecule has 1 atom stereocenters. The zero-order valence-corrected chi connectivity index (χ0v) is 16.6. The molecule has 2 aliphatic rings. The molecule has 0 radical (unpaired) electrons. The number of aromatic nitrogens is 3. The van der Waals surface area contributed by atoms with Gasteiger partial charge in [-0.1, -0.05) is 0 Å². The van der Waals surface area contributed by atoms with E-state index in [0.29, 0.717) is 25.7 Å². The van der Waals surface area contributed by atoms with Gasteiger partial charge in [-0.15, -0.1) is 0 Å². The molecular weight excluding hydrogens is 378 g/mol. The van der Waals surface area contributed by atoms with Crippen molar-refractivity contribution in [3.63, 3.8) is 0 Å². The zero-order valence-electron chi connectivity index (χ0n) is 16.6. The van der Waals surface area contributed by atoms with Crippen LogP contribution in [0.5, 0.6) is 0 Å². The van der Waals surface area contributed by atoms with Crippen LogP contribution in [-0.2, 0) is 11.3 Å². The first kappa shape index (κ1) is 19.9. The first-order valence-electron chi connectivity index (χ1n) is 10.0. The molecule has 0 aromatic carbocycles. The number of ether oxygens (including phenoxy) is 1. The van der Waals surface area contributed by atoms with Crippen molar-refractivity contribution >= 4 is 11.8 Å². The van der Waals surface area contributed by atoms with E-state index in [0.717, 1.165) is 50.7 Å². The molecule has 2 aliphatic heterocycles. The maximum atomic E-state index is 14.0. The van der Waals surface area contributed by atoms with Gasteiger partial charge in [-0.2, -0.15) is 4.98 Å². The second-order valence-corrected chi connectivity index (χ2v) is 7.54. The van der Waals surface area contributed by atoms with Crippen LogP contribution in [-0.4, -0.2) is 72.3 Å². The number of likely N-dealkylation sites (N-methyl/N-ethyl adjacent to an activating group) is 1. The van der Waals surface area contributed by atoms with Crippen molar-refractivity contribution in [2.75, 3.05) is 56.2 Å². The Kier molecular flexibility index (Phi) is 6.15. The Morgan fingerprint density at radius 3 is 2.69 bits per heavy atom. The minimum absolute atomic E-state index is 0.0833. The number of hydrogen-bond donors (Lipinski definition) is 0. The first-order chi connectivity index (χ1) is 14.1. The van der Waals surface area contributed by atoms with Gasteiger partial charge in [0.2, 0.25) is 5.95 Å². The molecule has 9 heteroatoms. The molecule has 0 amide bonds. The Morgan fingerprint density at radius 2 is 1.93 bits per heavy atom. The van der Waals surface area contributed by atoms with E-state index in [1.807, 2.05) is 13.1 Å². The molecule has 4 heterocycles. The third kappa shape index (κ3) is 4.62. The number of likely N-dealkylation sites (tertiary alicyclic amines) is 1. The van der Waals surface area contributed by atoms with Gasteiger partial charge in [0.05, 0.1) is 25.6 Å². The third-order valence-corrected chi connectivity index (χ3v) is 5.65. The average Bonchev–Trinajstić information content (AvgIpc) is 2.77. The Balaban J connectivity index is 1.44. The molecular formula is C20H26F2N6O. The van der Waals surface area contributed by atoms with Gasteiger partial charge in [0.15, 0.2) is 0 Å². The topological polar surface area (TPSA) is 57.6 Å². The second kappa shape index (κ2) is 8.96. The fraction of sp³-hybridized carbons (Fsp3) is 0.550. The van der Waals surface area contributed by atoms with Crippen LogP contribution in [0.1, 0.15) is 18.4 Å². The first-order valence-corrected chi connectivity index (χ1v) is 10.0. The largest absolute Gasteiger partial charge is 0.378 e. The van der Waals surface area contributed by atoms with Gasteiger partial charge in [0, 0.05) is 51.0 Å². The SMILES string of the molecule is CN(c1ccnc(N2CCOCC2)n1)C1CCCN(Cc2c(F)cncc2F)C1. The van der Waals surface area contributed by atoms with E-state index < -0.39 is 11.6 Å². The summed E-state index contributed by atoms with van der Waals surface area (Å²) in [5, 5.41) is 0. The highest BCUT2D eigenvalue weighted by Gasteiger charge is 2.26. The fourth-order valence-electron chi connectivity index (χ4n) is 3.94. The summed E-state index contributed by atoms with van der Waals surface area (Å²) in [4.78, 5) is 19.1. The summed E-state index contributed by atoms with van der Waals surface area (Å²) in [6.07, 6.45) is 5.89. The summed E-state index contributed by atoms with van der Waals surface area (Å²) in [6, 6.07) is 2.12. The number of morpholine rings is 1. The van der Waals surface area contributed by atoms with E-state index in [1.54, 1.807) is 6.20 Å². The molecule has 4 rings (SSSR count). The van der Waals surface area contributed by atoms with Gasteiger partial charge in [-0.3, -0.25) is 9.88 Å². The summed E-state index contributed by atoms with van der Waals surface area (Å²) in [5.74, 6) is 0.388. The highest BCUT2D eigenvalue weighted by Crippen LogP contribution is 2.23. The van der Waals surface area contributed by atoms with Gasteiger partial charge in [-0.05, 0) is 25.5 Å². The molecule has 7 nitrogen and oxygen atoms in total. The van der Waals surface area contributed by atoms with Crippen molar-refractivity contribution in [2.45, 2.75) is 25.4 Å². The molecule has 2 aromatic rings. The highest BCUT2D eigenvalue weighted by atomic mass is 19.1. The quantitative estimate of drug-likeness (QED) is 0.756. The van der Waals surface area contributed by atoms with E-state index in [9.17, 15) is 8.78 Å². The second-order valence-electron chi connectivity index (χ2n) is 7.54. The Morgan fingerprint density at radius 1 is 1.17 bits per heavy atom.